The van der Waals surface area contributed by atoms with Gasteiger partial charge in [0.15, 0.2) is 43.7 Å². The van der Waals surface area contributed by atoms with Crippen molar-refractivity contribution >= 4 is 11.9 Å². The number of hydrogen-bond donors (Lipinski definition) is 9. The molecule has 0 aromatic carbocycles. The van der Waals surface area contributed by atoms with E-state index in [4.69, 9.17) is 80.5 Å². The van der Waals surface area contributed by atoms with Crippen molar-refractivity contribution in [2.24, 2.45) is 0 Å². The zero-order valence-electron chi connectivity index (χ0n) is 37.3. The minimum atomic E-state index is -2.09. The zero-order valence-corrected chi connectivity index (χ0v) is 37.3. The standard InChI is InChI=1S/C38H64O28/c1-50-21-14(11-41)60-36(29(54-5)22(21)51-2)64-26-24(53-4)31(56-7)38(66-28(26)33(48)49)62-20-13(10-40)59-35(18(45)16(20)43)63-25-23(52-3)30(55-6)37(65-27(25)32(46)47)61-19-12(9-39)58-34(57-8)17(44)15(19)42/h12-31,34-45H,9-11H2,1-8H3,(H,46,47)(H,48,49). The molecule has 0 saturated carbocycles. The minimum Gasteiger partial charge on any atom is -0.479 e. The third kappa shape index (κ3) is 11.1. The Morgan fingerprint density at radius 1 is 0.348 bits per heavy atom. The van der Waals surface area contributed by atoms with Gasteiger partial charge in [-0.25, -0.2) is 9.59 Å². The summed E-state index contributed by atoms with van der Waals surface area (Å²) < 4.78 is 97.2. The van der Waals surface area contributed by atoms with E-state index in [2.05, 4.69) is 0 Å². The highest BCUT2D eigenvalue weighted by Gasteiger charge is 2.59. The molecule has 0 spiro atoms. The van der Waals surface area contributed by atoms with E-state index in [0.717, 1.165) is 7.11 Å². The molecule has 5 saturated heterocycles. The highest BCUT2D eigenvalue weighted by molar-refractivity contribution is 5.74. The summed E-state index contributed by atoms with van der Waals surface area (Å²) in [6.45, 7) is -2.21. The summed E-state index contributed by atoms with van der Waals surface area (Å²) in [5.41, 5.74) is 0. The first-order valence-electron chi connectivity index (χ1n) is 20.7. The van der Waals surface area contributed by atoms with Gasteiger partial charge in [-0.05, 0) is 0 Å². The number of ether oxygens (including phenoxy) is 17. The number of rotatable bonds is 21. The van der Waals surface area contributed by atoms with E-state index >= 15 is 0 Å². The van der Waals surface area contributed by atoms with E-state index in [1.165, 1.54) is 49.8 Å². The van der Waals surface area contributed by atoms with Gasteiger partial charge in [0.1, 0.15) is 110 Å². The first-order valence-corrected chi connectivity index (χ1v) is 20.7. The summed E-state index contributed by atoms with van der Waals surface area (Å²) in [6.07, 6.45) is -38.3. The summed E-state index contributed by atoms with van der Waals surface area (Å²) in [5.74, 6) is -3.23. The third-order valence-electron chi connectivity index (χ3n) is 12.2. The topological polar surface area (TPSA) is 373 Å². The van der Waals surface area contributed by atoms with Crippen molar-refractivity contribution in [3.63, 3.8) is 0 Å². The lowest BCUT2D eigenvalue weighted by atomic mass is 9.94. The number of carboxylic acid groups (broad SMARTS) is 2. The average molecular weight is 969 g/mol. The van der Waals surface area contributed by atoms with E-state index in [-0.39, 0.29) is 0 Å². The molecule has 5 fully saturated rings. The van der Waals surface area contributed by atoms with Gasteiger partial charge in [0.05, 0.1) is 19.8 Å². The van der Waals surface area contributed by atoms with Crippen molar-refractivity contribution in [1.29, 1.82) is 0 Å². The largest absolute Gasteiger partial charge is 0.479 e. The molecule has 5 aliphatic heterocycles. The molecule has 5 rings (SSSR count). The Kier molecular flexibility index (Phi) is 20.5. The molecule has 5 aliphatic rings. The van der Waals surface area contributed by atoms with Crippen LogP contribution in [0, 0.1) is 0 Å². The van der Waals surface area contributed by atoms with Gasteiger partial charge >= 0.3 is 11.9 Å². The van der Waals surface area contributed by atoms with Gasteiger partial charge in [0, 0.05) is 56.9 Å². The molecule has 0 aromatic heterocycles. The fourth-order valence-electron chi connectivity index (χ4n) is 8.87. The molecule has 0 bridgehead atoms. The van der Waals surface area contributed by atoms with Crippen LogP contribution in [0.5, 0.6) is 0 Å². The quantitative estimate of drug-likeness (QED) is 0.0516. The molecular weight excluding hydrogens is 904 g/mol. The maximum absolute atomic E-state index is 12.8. The first kappa shape index (κ1) is 54.9. The van der Waals surface area contributed by atoms with Gasteiger partial charge in [-0.15, -0.1) is 0 Å². The van der Waals surface area contributed by atoms with Gasteiger partial charge in [-0.3, -0.25) is 0 Å². The second-order valence-electron chi connectivity index (χ2n) is 15.7. The average Bonchev–Trinajstić information content (AvgIpc) is 3.31. The lowest BCUT2D eigenvalue weighted by molar-refractivity contribution is -0.391. The zero-order chi connectivity index (χ0) is 48.7. The lowest BCUT2D eigenvalue weighted by Gasteiger charge is -2.50. The van der Waals surface area contributed by atoms with Crippen LogP contribution in [0.2, 0.25) is 0 Å². The Labute approximate surface area is 378 Å². The monoisotopic (exact) mass is 968 g/mol. The molecule has 25 atom stereocenters. The van der Waals surface area contributed by atoms with Crippen LogP contribution in [0.1, 0.15) is 0 Å². The molecule has 66 heavy (non-hydrogen) atoms. The van der Waals surface area contributed by atoms with Crippen LogP contribution in [-0.4, -0.2) is 288 Å². The Balaban J connectivity index is 1.34. The maximum atomic E-state index is 12.8. The third-order valence-corrected chi connectivity index (χ3v) is 12.2. The SMILES string of the molecule is COC1OC(CO)C(OC2OC(C(=O)O)C(OC3OC(CO)C(OC4OC(C(=O)O)C(OC5OC(CO)C(OC)C(OC)C5OC)C(OC)C4OC)C(O)C3O)C(OC)C2OC)C(O)C1O. The highest BCUT2D eigenvalue weighted by Crippen LogP contribution is 2.38. The predicted octanol–water partition coefficient (Wildman–Crippen LogP) is -6.51. The minimum absolute atomic E-state index is 0.541. The van der Waals surface area contributed by atoms with Crippen LogP contribution < -0.4 is 0 Å². The predicted molar refractivity (Wildman–Crippen MR) is 206 cm³/mol. The molecule has 0 aromatic rings. The summed E-state index contributed by atoms with van der Waals surface area (Å²) in [5, 5.41) is 95.7. The maximum Gasteiger partial charge on any atom is 0.335 e. The van der Waals surface area contributed by atoms with Gasteiger partial charge < -0.3 is 126 Å². The van der Waals surface area contributed by atoms with Crippen LogP contribution >= 0.6 is 0 Å². The number of carboxylic acids is 2. The molecule has 0 aliphatic carbocycles. The molecule has 25 unspecified atom stereocenters. The van der Waals surface area contributed by atoms with Crippen LogP contribution in [0.15, 0.2) is 0 Å². The molecule has 9 N–H and O–H groups in total. The van der Waals surface area contributed by atoms with Crippen LogP contribution in [0.25, 0.3) is 0 Å². The molecule has 5 heterocycles. The van der Waals surface area contributed by atoms with E-state index in [1.54, 1.807) is 0 Å². The lowest BCUT2D eigenvalue weighted by Crippen LogP contribution is -2.69. The number of carbonyl (C=O) groups is 2. The van der Waals surface area contributed by atoms with Crippen molar-refractivity contribution in [3.05, 3.63) is 0 Å². The fraction of sp³-hybridized carbons (Fsp3) is 0.947. The first-order chi connectivity index (χ1) is 31.6. The number of methoxy groups -OCH3 is 8. The van der Waals surface area contributed by atoms with E-state index in [0.29, 0.717) is 0 Å². The van der Waals surface area contributed by atoms with Gasteiger partial charge in [-0.1, -0.05) is 0 Å². The molecular formula is C38H64O28. The van der Waals surface area contributed by atoms with Crippen molar-refractivity contribution in [3.8, 4) is 0 Å². The number of aliphatic carboxylic acids is 2. The van der Waals surface area contributed by atoms with E-state index in [9.17, 15) is 55.5 Å². The van der Waals surface area contributed by atoms with E-state index in [1.807, 2.05) is 0 Å². The highest BCUT2D eigenvalue weighted by atomic mass is 16.8. The summed E-state index contributed by atoms with van der Waals surface area (Å²) in [6, 6.07) is 0. The Morgan fingerprint density at radius 2 is 0.636 bits per heavy atom. The number of aliphatic hydroxyl groups is 7. The van der Waals surface area contributed by atoms with Crippen molar-refractivity contribution < 1.29 is 136 Å². The van der Waals surface area contributed by atoms with Crippen LogP contribution in [0.3, 0.4) is 0 Å². The number of hydrogen-bond acceptors (Lipinski definition) is 26. The van der Waals surface area contributed by atoms with Crippen molar-refractivity contribution in [1.82, 2.24) is 0 Å². The van der Waals surface area contributed by atoms with Gasteiger partial charge in [0.25, 0.3) is 0 Å². The smallest absolute Gasteiger partial charge is 0.335 e. The van der Waals surface area contributed by atoms with Crippen LogP contribution in [0.4, 0.5) is 0 Å². The molecule has 0 radical (unpaired) electrons. The molecule has 384 valence electrons. The van der Waals surface area contributed by atoms with E-state index < -0.39 is 185 Å². The van der Waals surface area contributed by atoms with Gasteiger partial charge in [0.2, 0.25) is 0 Å². The normalized spacial score (nSPS) is 46.8. The number of aliphatic hydroxyl groups excluding tert-OH is 7. The van der Waals surface area contributed by atoms with Crippen LogP contribution in [-0.2, 0) is 90.1 Å². The Hall–Kier alpha value is -2.02. The summed E-state index contributed by atoms with van der Waals surface area (Å²) in [4.78, 5) is 25.6. The van der Waals surface area contributed by atoms with Crippen molar-refractivity contribution in [2.45, 2.75) is 154 Å². The fourth-order valence-corrected chi connectivity index (χ4v) is 8.87. The molecule has 0 amide bonds. The molecule has 28 nitrogen and oxygen atoms in total. The second kappa shape index (κ2) is 24.7. The van der Waals surface area contributed by atoms with Crippen molar-refractivity contribution in [2.75, 3.05) is 76.7 Å². The molecule has 28 heteroatoms. The van der Waals surface area contributed by atoms with Gasteiger partial charge in [-0.2, -0.15) is 0 Å². The summed E-state index contributed by atoms with van der Waals surface area (Å²) >= 11 is 0. The Morgan fingerprint density at radius 3 is 0.985 bits per heavy atom. The summed E-state index contributed by atoms with van der Waals surface area (Å²) in [7, 11) is 10.0. The Bertz CT molecular complexity index is 1500. The second-order valence-corrected chi connectivity index (χ2v) is 15.7.